The molecule has 8 nitrogen and oxygen atoms in total. The van der Waals surface area contributed by atoms with Crippen LogP contribution in [0.3, 0.4) is 0 Å². The van der Waals surface area contributed by atoms with Crippen molar-refractivity contribution in [3.8, 4) is 11.8 Å². The molecule has 0 aromatic heterocycles. The first-order valence-corrected chi connectivity index (χ1v) is 12.9. The lowest BCUT2D eigenvalue weighted by Crippen LogP contribution is -2.32. The van der Waals surface area contributed by atoms with Gasteiger partial charge in [0.15, 0.2) is 6.61 Å². The third-order valence-electron chi connectivity index (χ3n) is 6.32. The standard InChI is InChI=1S/C33H28N2O6/c1-23-29(32(36)40-20-10-16-25-12-5-3-6-13-25)31(27-18-9-19-28(22-27)35(38)39)30(24(2)34-23)33(37)41-21-11-17-26-14-7-4-8-15-26/h3-10,12-16,18-19,22,31,34H,20-21H2,1-2H3. The Morgan fingerprint density at radius 3 is 2.20 bits per heavy atom. The second kappa shape index (κ2) is 13.6. The first-order valence-electron chi connectivity index (χ1n) is 12.9. The summed E-state index contributed by atoms with van der Waals surface area (Å²) in [6.07, 6.45) is 3.54. The number of non-ortho nitro benzene ring substituents is 1. The van der Waals surface area contributed by atoms with Crippen molar-refractivity contribution in [2.24, 2.45) is 0 Å². The molecule has 1 atom stereocenters. The van der Waals surface area contributed by atoms with Gasteiger partial charge < -0.3 is 14.8 Å². The van der Waals surface area contributed by atoms with E-state index in [0.29, 0.717) is 17.0 Å². The van der Waals surface area contributed by atoms with Crippen LogP contribution >= 0.6 is 0 Å². The molecule has 3 aromatic rings. The van der Waals surface area contributed by atoms with E-state index < -0.39 is 22.8 Å². The largest absolute Gasteiger partial charge is 0.458 e. The Kier molecular flexibility index (Phi) is 9.47. The van der Waals surface area contributed by atoms with Gasteiger partial charge in [0.25, 0.3) is 5.69 Å². The molecule has 41 heavy (non-hydrogen) atoms. The first-order chi connectivity index (χ1) is 19.8. The Morgan fingerprint density at radius 2 is 1.54 bits per heavy atom. The van der Waals surface area contributed by atoms with Gasteiger partial charge in [-0.25, -0.2) is 9.59 Å². The van der Waals surface area contributed by atoms with E-state index in [1.54, 1.807) is 26.0 Å². The predicted molar refractivity (Wildman–Crippen MR) is 155 cm³/mol. The van der Waals surface area contributed by atoms with Crippen molar-refractivity contribution in [2.75, 3.05) is 13.2 Å². The van der Waals surface area contributed by atoms with Crippen molar-refractivity contribution in [3.05, 3.63) is 140 Å². The number of esters is 2. The van der Waals surface area contributed by atoms with Crippen LogP contribution < -0.4 is 5.32 Å². The summed E-state index contributed by atoms with van der Waals surface area (Å²) in [7, 11) is 0. The van der Waals surface area contributed by atoms with Crippen molar-refractivity contribution in [1.82, 2.24) is 5.32 Å². The number of nitro groups is 1. The molecule has 0 fully saturated rings. The quantitative estimate of drug-likeness (QED) is 0.167. The molecule has 0 radical (unpaired) electrons. The average Bonchev–Trinajstić information content (AvgIpc) is 2.98. The van der Waals surface area contributed by atoms with Crippen molar-refractivity contribution >= 4 is 23.7 Å². The molecule has 0 spiro atoms. The topological polar surface area (TPSA) is 108 Å². The summed E-state index contributed by atoms with van der Waals surface area (Å²) in [5, 5.41) is 14.6. The average molecular weight is 549 g/mol. The number of dihydropyridines is 1. The van der Waals surface area contributed by atoms with Gasteiger partial charge in [-0.3, -0.25) is 10.1 Å². The summed E-state index contributed by atoms with van der Waals surface area (Å²) >= 11 is 0. The number of ether oxygens (including phenoxy) is 2. The van der Waals surface area contributed by atoms with Gasteiger partial charge in [-0.2, -0.15) is 0 Å². The lowest BCUT2D eigenvalue weighted by molar-refractivity contribution is -0.384. The Hall–Kier alpha value is -5.42. The van der Waals surface area contributed by atoms with Gasteiger partial charge in [0.05, 0.1) is 22.0 Å². The molecule has 0 saturated heterocycles. The number of hydrogen-bond donors (Lipinski definition) is 1. The number of nitrogens with one attached hydrogen (secondary N) is 1. The van der Waals surface area contributed by atoms with Crippen molar-refractivity contribution < 1.29 is 24.0 Å². The fraction of sp³-hybridized carbons (Fsp3) is 0.152. The second-order valence-corrected chi connectivity index (χ2v) is 9.14. The normalized spacial score (nSPS) is 14.6. The van der Waals surface area contributed by atoms with E-state index in [9.17, 15) is 19.7 Å². The molecule has 0 bridgehead atoms. The van der Waals surface area contributed by atoms with Crippen LogP contribution in [0.1, 0.15) is 36.5 Å². The van der Waals surface area contributed by atoms with E-state index in [-0.39, 0.29) is 30.0 Å². The molecule has 8 heteroatoms. The molecule has 4 rings (SSSR count). The molecule has 1 heterocycles. The molecule has 3 aromatic carbocycles. The van der Waals surface area contributed by atoms with Gasteiger partial charge in [-0.1, -0.05) is 78.6 Å². The second-order valence-electron chi connectivity index (χ2n) is 9.14. The number of benzene rings is 3. The van der Waals surface area contributed by atoms with Crippen LogP contribution in [-0.4, -0.2) is 30.1 Å². The molecule has 1 N–H and O–H groups in total. The molecule has 0 aliphatic carbocycles. The number of allylic oxidation sites excluding steroid dienone is 2. The summed E-state index contributed by atoms with van der Waals surface area (Å²) in [5.41, 5.74) is 3.17. The maximum atomic E-state index is 13.4. The number of nitro benzene ring substituents is 1. The summed E-state index contributed by atoms with van der Waals surface area (Å²) < 4.78 is 11.0. The first kappa shape index (κ1) is 28.6. The molecule has 1 aliphatic heterocycles. The SMILES string of the molecule is CC1=C(C(=O)OCC#Cc2ccccc2)C(c2cccc([N+](=O)[O-])c2)C(C(=O)OCC=Cc2ccccc2)=C(C)N1. The Balaban J connectivity index is 1.61. The maximum Gasteiger partial charge on any atom is 0.337 e. The van der Waals surface area contributed by atoms with E-state index in [0.717, 1.165) is 11.1 Å². The lowest BCUT2D eigenvalue weighted by Gasteiger charge is -2.30. The van der Waals surface area contributed by atoms with Crippen LogP contribution in [0.4, 0.5) is 5.69 Å². The summed E-state index contributed by atoms with van der Waals surface area (Å²) in [4.78, 5) is 37.9. The van der Waals surface area contributed by atoms with Crippen molar-refractivity contribution in [3.63, 3.8) is 0 Å². The number of carbonyl (C=O) groups excluding carboxylic acids is 2. The maximum absolute atomic E-state index is 13.4. The van der Waals surface area contributed by atoms with Crippen LogP contribution in [0.15, 0.2) is 114 Å². The fourth-order valence-corrected chi connectivity index (χ4v) is 4.48. The van der Waals surface area contributed by atoms with E-state index in [4.69, 9.17) is 9.47 Å². The molecule has 0 amide bonds. The van der Waals surface area contributed by atoms with Crippen molar-refractivity contribution in [1.29, 1.82) is 0 Å². The van der Waals surface area contributed by atoms with Gasteiger partial charge >= 0.3 is 11.9 Å². The number of nitrogens with zero attached hydrogens (tertiary/aromatic N) is 1. The molecule has 1 unspecified atom stereocenters. The van der Waals surface area contributed by atoms with Gasteiger partial charge in [-0.15, -0.1) is 0 Å². The van der Waals surface area contributed by atoms with E-state index in [1.165, 1.54) is 18.2 Å². The minimum atomic E-state index is -0.962. The van der Waals surface area contributed by atoms with Gasteiger partial charge in [0.2, 0.25) is 0 Å². The highest BCUT2D eigenvalue weighted by Crippen LogP contribution is 2.40. The molecular formula is C33H28N2O6. The zero-order valence-electron chi connectivity index (χ0n) is 22.6. The zero-order valence-corrected chi connectivity index (χ0v) is 22.6. The smallest absolute Gasteiger partial charge is 0.337 e. The molecular weight excluding hydrogens is 520 g/mol. The number of hydrogen-bond acceptors (Lipinski definition) is 7. The summed E-state index contributed by atoms with van der Waals surface area (Å²) in [6.45, 7) is 3.19. The third kappa shape index (κ3) is 7.37. The molecule has 206 valence electrons. The minimum absolute atomic E-state index is 0.0102. The monoisotopic (exact) mass is 548 g/mol. The molecule has 0 saturated carbocycles. The minimum Gasteiger partial charge on any atom is -0.458 e. The van der Waals surface area contributed by atoms with E-state index in [2.05, 4.69) is 17.2 Å². The van der Waals surface area contributed by atoms with Crippen LogP contribution in [0.2, 0.25) is 0 Å². The molecule has 1 aliphatic rings. The van der Waals surface area contributed by atoms with Crippen LogP contribution in [0.5, 0.6) is 0 Å². The highest BCUT2D eigenvalue weighted by Gasteiger charge is 2.38. The van der Waals surface area contributed by atoms with Crippen LogP contribution in [0.25, 0.3) is 6.08 Å². The summed E-state index contributed by atoms with van der Waals surface area (Å²) in [6, 6.07) is 24.7. The number of carbonyl (C=O) groups is 2. The Bertz CT molecular complexity index is 1590. The Labute approximate surface area is 238 Å². The number of rotatable bonds is 8. The van der Waals surface area contributed by atoms with Crippen molar-refractivity contribution in [2.45, 2.75) is 19.8 Å². The van der Waals surface area contributed by atoms with E-state index in [1.807, 2.05) is 66.7 Å². The van der Waals surface area contributed by atoms with Gasteiger partial charge in [0, 0.05) is 29.1 Å². The predicted octanol–water partition coefficient (Wildman–Crippen LogP) is 5.68. The van der Waals surface area contributed by atoms with Crippen LogP contribution in [0, 0.1) is 22.0 Å². The van der Waals surface area contributed by atoms with Gasteiger partial charge in [-0.05, 0) is 43.2 Å². The fourth-order valence-electron chi connectivity index (χ4n) is 4.48. The third-order valence-corrected chi connectivity index (χ3v) is 6.32. The highest BCUT2D eigenvalue weighted by molar-refractivity contribution is 6.00. The van der Waals surface area contributed by atoms with E-state index >= 15 is 0 Å². The van der Waals surface area contributed by atoms with Crippen LogP contribution in [-0.2, 0) is 19.1 Å². The Morgan fingerprint density at radius 1 is 0.902 bits per heavy atom. The lowest BCUT2D eigenvalue weighted by atomic mass is 9.80. The van der Waals surface area contributed by atoms with Gasteiger partial charge in [0.1, 0.15) is 6.61 Å². The summed E-state index contributed by atoms with van der Waals surface area (Å²) in [5.74, 6) is 3.43. The highest BCUT2D eigenvalue weighted by atomic mass is 16.6. The zero-order chi connectivity index (χ0) is 29.2.